The van der Waals surface area contributed by atoms with E-state index in [0.29, 0.717) is 22.4 Å². The number of hydrogen-bond acceptors (Lipinski definition) is 2. The average molecular weight is 427 g/mol. The van der Waals surface area contributed by atoms with E-state index in [1.54, 1.807) is 6.07 Å². The highest BCUT2D eigenvalue weighted by Gasteiger charge is 2.29. The van der Waals surface area contributed by atoms with Gasteiger partial charge < -0.3 is 9.80 Å². The molecule has 0 radical (unpaired) electrons. The summed E-state index contributed by atoms with van der Waals surface area (Å²) in [5.41, 5.74) is 2.12. The molecule has 2 aliphatic heterocycles. The van der Waals surface area contributed by atoms with Crippen molar-refractivity contribution in [1.82, 2.24) is 9.80 Å². The largest absolute Gasteiger partial charge is 0.338 e. The second-order valence-corrected chi connectivity index (χ2v) is 8.63. The summed E-state index contributed by atoms with van der Waals surface area (Å²) in [6.07, 6.45) is 4.87. The van der Waals surface area contributed by atoms with E-state index < -0.39 is 0 Å². The summed E-state index contributed by atoms with van der Waals surface area (Å²) in [4.78, 5) is 17.4. The Morgan fingerprint density at radius 1 is 0.933 bits per heavy atom. The van der Waals surface area contributed by atoms with Crippen LogP contribution in [0.15, 0.2) is 54.6 Å². The van der Waals surface area contributed by atoms with Crippen molar-refractivity contribution in [1.29, 1.82) is 0 Å². The van der Waals surface area contributed by atoms with Crippen molar-refractivity contribution in [2.24, 2.45) is 5.92 Å². The number of rotatable bonds is 4. The summed E-state index contributed by atoms with van der Waals surface area (Å²) in [5.74, 6) is 1.33. The number of amides is 1. The van der Waals surface area contributed by atoms with Crippen molar-refractivity contribution in [2.45, 2.75) is 45.4 Å². The highest BCUT2D eigenvalue weighted by Crippen LogP contribution is 2.29. The second-order valence-electron chi connectivity index (χ2n) is 8.22. The zero-order valence-corrected chi connectivity index (χ0v) is 19.2. The van der Waals surface area contributed by atoms with Gasteiger partial charge in [0.1, 0.15) is 0 Å². The van der Waals surface area contributed by atoms with Crippen molar-refractivity contribution in [3.05, 3.63) is 70.7 Å². The molecule has 4 rings (SSSR count). The third-order valence-electron chi connectivity index (χ3n) is 6.29. The molecular formula is C26H35ClN2O. The fourth-order valence-corrected chi connectivity index (χ4v) is 4.95. The minimum Gasteiger partial charge on any atom is -0.338 e. The number of carbonyl (C=O) groups is 1. The molecule has 3 nitrogen and oxygen atoms in total. The molecule has 2 aromatic carbocycles. The molecule has 0 aromatic heterocycles. The zero-order valence-electron chi connectivity index (χ0n) is 18.4. The molecule has 2 fully saturated rings. The van der Waals surface area contributed by atoms with Gasteiger partial charge in [0.15, 0.2) is 0 Å². The maximum atomic E-state index is 12.8. The van der Waals surface area contributed by atoms with Crippen molar-refractivity contribution >= 4 is 17.5 Å². The van der Waals surface area contributed by atoms with Gasteiger partial charge in [-0.05, 0) is 68.3 Å². The number of benzene rings is 2. The van der Waals surface area contributed by atoms with Gasteiger partial charge in [0, 0.05) is 19.6 Å². The van der Waals surface area contributed by atoms with Gasteiger partial charge in [0.2, 0.25) is 0 Å². The monoisotopic (exact) mass is 426 g/mol. The van der Waals surface area contributed by atoms with Crippen LogP contribution in [-0.2, 0) is 0 Å². The predicted molar refractivity (Wildman–Crippen MR) is 126 cm³/mol. The molecule has 2 heterocycles. The molecule has 4 heteroatoms. The van der Waals surface area contributed by atoms with Crippen LogP contribution in [0.4, 0.5) is 0 Å². The van der Waals surface area contributed by atoms with Gasteiger partial charge in [-0.15, -0.1) is 0 Å². The minimum atomic E-state index is 0.0770. The van der Waals surface area contributed by atoms with E-state index in [1.165, 1.54) is 31.4 Å². The maximum absolute atomic E-state index is 12.8. The molecule has 1 amide bonds. The van der Waals surface area contributed by atoms with Crippen LogP contribution in [0.1, 0.15) is 61.4 Å². The van der Waals surface area contributed by atoms with E-state index in [4.69, 9.17) is 11.6 Å². The first-order valence-electron chi connectivity index (χ1n) is 11.5. The van der Waals surface area contributed by atoms with Crippen LogP contribution in [-0.4, -0.2) is 48.4 Å². The van der Waals surface area contributed by atoms with Crippen LogP contribution >= 0.6 is 11.6 Å². The molecule has 2 atom stereocenters. The highest BCUT2D eigenvalue weighted by molar-refractivity contribution is 6.33. The van der Waals surface area contributed by atoms with Crippen molar-refractivity contribution in [2.75, 3.05) is 32.7 Å². The molecule has 2 saturated heterocycles. The van der Waals surface area contributed by atoms with Crippen molar-refractivity contribution in [3.63, 3.8) is 0 Å². The Kier molecular flexibility index (Phi) is 8.77. The van der Waals surface area contributed by atoms with Crippen LogP contribution in [0, 0.1) is 5.92 Å². The van der Waals surface area contributed by atoms with Crippen LogP contribution < -0.4 is 0 Å². The van der Waals surface area contributed by atoms with E-state index >= 15 is 0 Å². The van der Waals surface area contributed by atoms with E-state index in [2.05, 4.69) is 35.2 Å². The lowest BCUT2D eigenvalue weighted by molar-refractivity contribution is 0.0783. The summed E-state index contributed by atoms with van der Waals surface area (Å²) in [6.45, 7) is 9.14. The minimum absolute atomic E-state index is 0.0770. The van der Waals surface area contributed by atoms with Crippen LogP contribution in [0.5, 0.6) is 0 Å². The Balaban J connectivity index is 0.00000124. The van der Waals surface area contributed by atoms with Gasteiger partial charge >= 0.3 is 0 Å². The maximum Gasteiger partial charge on any atom is 0.255 e. The normalized spacial score (nSPS) is 22.2. The summed E-state index contributed by atoms with van der Waals surface area (Å²) in [7, 11) is 0. The molecule has 1 unspecified atom stereocenters. The summed E-state index contributed by atoms with van der Waals surface area (Å²) < 4.78 is 0. The molecular weight excluding hydrogens is 392 g/mol. The quantitative estimate of drug-likeness (QED) is 0.589. The van der Waals surface area contributed by atoms with Gasteiger partial charge in [-0.3, -0.25) is 4.79 Å². The Hall–Kier alpha value is -1.84. The summed E-state index contributed by atoms with van der Waals surface area (Å²) in [6, 6.07) is 18.3. The van der Waals surface area contributed by atoms with E-state index in [0.717, 1.165) is 32.6 Å². The summed E-state index contributed by atoms with van der Waals surface area (Å²) >= 11 is 6.22. The Morgan fingerprint density at radius 3 is 2.43 bits per heavy atom. The number of likely N-dealkylation sites (tertiary alicyclic amines) is 2. The van der Waals surface area contributed by atoms with Gasteiger partial charge in [-0.1, -0.05) is 67.9 Å². The van der Waals surface area contributed by atoms with Gasteiger partial charge in [-0.2, -0.15) is 0 Å². The van der Waals surface area contributed by atoms with Crippen molar-refractivity contribution in [3.8, 4) is 0 Å². The fourth-order valence-electron chi connectivity index (χ4n) is 4.73. The van der Waals surface area contributed by atoms with Gasteiger partial charge in [-0.25, -0.2) is 0 Å². The van der Waals surface area contributed by atoms with Crippen LogP contribution in [0.25, 0.3) is 0 Å². The van der Waals surface area contributed by atoms with E-state index in [-0.39, 0.29) is 5.91 Å². The number of carbonyl (C=O) groups excluding carboxylic acids is 1. The van der Waals surface area contributed by atoms with Crippen molar-refractivity contribution < 1.29 is 4.79 Å². The lowest BCUT2D eigenvalue weighted by Gasteiger charge is -2.24. The second kappa shape index (κ2) is 11.5. The molecule has 0 spiro atoms. The molecule has 2 aliphatic rings. The smallest absolute Gasteiger partial charge is 0.255 e. The Morgan fingerprint density at radius 2 is 1.67 bits per heavy atom. The predicted octanol–water partition coefficient (Wildman–Crippen LogP) is 6.10. The molecule has 0 N–H and O–H groups in total. The topological polar surface area (TPSA) is 23.6 Å². The first-order valence-corrected chi connectivity index (χ1v) is 11.9. The lowest BCUT2D eigenvalue weighted by atomic mass is 9.92. The summed E-state index contributed by atoms with van der Waals surface area (Å²) in [5, 5.41) is 0.551. The molecule has 0 bridgehead atoms. The Labute approximate surface area is 187 Å². The third-order valence-corrected chi connectivity index (χ3v) is 6.62. The van der Waals surface area contributed by atoms with E-state index in [1.807, 2.05) is 36.9 Å². The average Bonchev–Trinajstić information content (AvgIpc) is 3.13. The molecule has 30 heavy (non-hydrogen) atoms. The highest BCUT2D eigenvalue weighted by atomic mass is 35.5. The number of nitrogens with zero attached hydrogens (tertiary/aromatic N) is 2. The third kappa shape index (κ3) is 5.86. The number of hydrogen-bond donors (Lipinski definition) is 0. The van der Waals surface area contributed by atoms with Gasteiger partial charge in [0.25, 0.3) is 5.91 Å². The first kappa shape index (κ1) is 22.8. The SMILES string of the molecule is CC.O=C(c1ccccc1Cl)N1CC[C@@H](CN2CCCC(c3ccccc3)CC2)C1. The fraction of sp³-hybridized carbons (Fsp3) is 0.500. The standard InChI is InChI=1S/C24H29ClN2O.C2H6/c25-23-11-5-4-10-22(23)24(28)27-16-12-19(18-27)17-26-14-6-9-21(13-15-26)20-7-2-1-3-8-20;1-2/h1-5,7-8,10-11,19,21H,6,9,12-18H2;1-2H3/t19-,21?;/m0./s1. The van der Waals surface area contributed by atoms with Crippen LogP contribution in [0.3, 0.4) is 0 Å². The van der Waals surface area contributed by atoms with Gasteiger partial charge in [0.05, 0.1) is 10.6 Å². The Bertz CT molecular complexity index is 795. The zero-order chi connectivity index (χ0) is 21.3. The molecule has 0 saturated carbocycles. The number of halogens is 1. The van der Waals surface area contributed by atoms with E-state index in [9.17, 15) is 4.79 Å². The first-order chi connectivity index (χ1) is 14.7. The molecule has 2 aromatic rings. The lowest BCUT2D eigenvalue weighted by Crippen LogP contribution is -2.34. The van der Waals surface area contributed by atoms with Crippen LogP contribution in [0.2, 0.25) is 5.02 Å². The molecule has 162 valence electrons. The molecule has 0 aliphatic carbocycles.